The first-order chi connectivity index (χ1) is 16.6. The van der Waals surface area contributed by atoms with Crippen molar-refractivity contribution in [2.24, 2.45) is 7.05 Å². The molecule has 0 saturated carbocycles. The molecule has 0 spiro atoms. The average Bonchev–Trinajstić information content (AvgIpc) is 3.42. The largest absolute Gasteiger partial charge is 0.477 e. The van der Waals surface area contributed by atoms with Gasteiger partial charge in [0, 0.05) is 48.5 Å². The number of nitrogens with zero attached hydrogens (tertiary/aromatic N) is 6. The highest BCUT2D eigenvalue weighted by atomic mass is 35.5. The molecule has 1 atom stereocenters. The SMILES string of the molecule is C[C@@H](CCOc1c(-c2nccc(N)n2)cnn1C)Nc1cc(Cl)ncc1-c1csc(C(F)(F)F)n1. The highest BCUT2D eigenvalue weighted by Crippen LogP contribution is 2.37. The molecule has 0 fully saturated rings. The van der Waals surface area contributed by atoms with Gasteiger partial charge in [0.25, 0.3) is 0 Å². The predicted octanol–water partition coefficient (Wildman–Crippen LogP) is 4.92. The number of ether oxygens (including phenoxy) is 1. The number of nitrogens with one attached hydrogen (secondary N) is 1. The van der Waals surface area contributed by atoms with Gasteiger partial charge in [-0.25, -0.2) is 24.6 Å². The molecule has 0 amide bonds. The number of rotatable bonds is 8. The van der Waals surface area contributed by atoms with E-state index in [9.17, 15) is 13.2 Å². The van der Waals surface area contributed by atoms with Gasteiger partial charge in [-0.2, -0.15) is 18.3 Å². The molecule has 184 valence electrons. The number of alkyl halides is 3. The standard InChI is InChI=1S/C21H20ClF3N8OS/c1-11(4-6-34-19-13(9-29-33(19)2)18-27-5-3-17(26)32-18)30-14-7-16(22)28-8-12(14)15-10-35-20(31-15)21(23,24)25/h3,5,7-11H,4,6H2,1-2H3,(H,28,30)(H2,26,27,32)/t11-/m0/s1. The molecule has 0 unspecified atom stereocenters. The normalized spacial score (nSPS) is 12.5. The summed E-state index contributed by atoms with van der Waals surface area (Å²) in [6.45, 7) is 2.22. The van der Waals surface area contributed by atoms with Gasteiger partial charge in [-0.1, -0.05) is 11.6 Å². The first kappa shape index (κ1) is 24.7. The first-order valence-electron chi connectivity index (χ1n) is 10.3. The van der Waals surface area contributed by atoms with E-state index < -0.39 is 11.2 Å². The van der Waals surface area contributed by atoms with Crippen LogP contribution < -0.4 is 15.8 Å². The summed E-state index contributed by atoms with van der Waals surface area (Å²) < 4.78 is 46.5. The minimum Gasteiger partial charge on any atom is -0.477 e. The van der Waals surface area contributed by atoms with Crippen LogP contribution in [0.1, 0.15) is 18.4 Å². The van der Waals surface area contributed by atoms with Crippen LogP contribution in [0.25, 0.3) is 22.6 Å². The Morgan fingerprint density at radius 3 is 2.74 bits per heavy atom. The molecule has 0 aromatic carbocycles. The third-order valence-corrected chi connectivity index (χ3v) is 5.98. The Balaban J connectivity index is 1.44. The molecule has 3 N–H and O–H groups in total. The lowest BCUT2D eigenvalue weighted by Crippen LogP contribution is -2.19. The molecule has 4 aromatic rings. The minimum absolute atomic E-state index is 0.131. The van der Waals surface area contributed by atoms with Crippen molar-refractivity contribution in [1.82, 2.24) is 29.7 Å². The molecule has 4 rings (SSSR count). The van der Waals surface area contributed by atoms with Gasteiger partial charge in [-0.15, -0.1) is 11.3 Å². The van der Waals surface area contributed by atoms with Crippen molar-refractivity contribution in [3.63, 3.8) is 0 Å². The summed E-state index contributed by atoms with van der Waals surface area (Å²) in [5, 5.41) is 8.09. The van der Waals surface area contributed by atoms with E-state index in [2.05, 4.69) is 30.4 Å². The van der Waals surface area contributed by atoms with Gasteiger partial charge in [0.1, 0.15) is 16.5 Å². The first-order valence-corrected chi connectivity index (χ1v) is 11.6. The van der Waals surface area contributed by atoms with E-state index in [-0.39, 0.29) is 16.9 Å². The Labute approximate surface area is 207 Å². The van der Waals surface area contributed by atoms with Crippen molar-refractivity contribution >= 4 is 34.4 Å². The summed E-state index contributed by atoms with van der Waals surface area (Å²) in [7, 11) is 1.74. The van der Waals surface area contributed by atoms with E-state index in [1.54, 1.807) is 36.3 Å². The number of hydrogen-bond acceptors (Lipinski definition) is 9. The van der Waals surface area contributed by atoms with Gasteiger partial charge in [0.15, 0.2) is 10.8 Å². The summed E-state index contributed by atoms with van der Waals surface area (Å²) in [5.74, 6) is 1.21. The van der Waals surface area contributed by atoms with Crippen molar-refractivity contribution in [2.45, 2.75) is 25.6 Å². The van der Waals surface area contributed by atoms with Crippen LogP contribution in [0.15, 0.2) is 36.1 Å². The maximum Gasteiger partial charge on any atom is 0.443 e. The highest BCUT2D eigenvalue weighted by Gasteiger charge is 2.35. The Morgan fingerprint density at radius 2 is 2.03 bits per heavy atom. The summed E-state index contributed by atoms with van der Waals surface area (Å²) >= 11 is 6.56. The van der Waals surface area contributed by atoms with Gasteiger partial charge in [-0.3, -0.25) is 0 Å². The molecule has 0 aliphatic heterocycles. The van der Waals surface area contributed by atoms with Crippen LogP contribution in [-0.4, -0.2) is 42.4 Å². The van der Waals surface area contributed by atoms with Crippen LogP contribution in [0, 0.1) is 0 Å². The number of aryl methyl sites for hydroxylation is 1. The van der Waals surface area contributed by atoms with Gasteiger partial charge in [0.05, 0.1) is 18.5 Å². The van der Waals surface area contributed by atoms with Crippen LogP contribution >= 0.6 is 22.9 Å². The lowest BCUT2D eigenvalue weighted by Gasteiger charge is -2.18. The number of nitrogens with two attached hydrogens (primary N) is 1. The van der Waals surface area contributed by atoms with Crippen LogP contribution in [0.5, 0.6) is 5.88 Å². The zero-order valence-corrected chi connectivity index (χ0v) is 20.1. The molecule has 4 heterocycles. The number of aromatic nitrogens is 6. The Kier molecular flexibility index (Phi) is 7.08. The molecular formula is C21H20ClF3N8OS. The van der Waals surface area contributed by atoms with Crippen LogP contribution in [0.2, 0.25) is 5.15 Å². The number of halogens is 4. The van der Waals surface area contributed by atoms with Crippen molar-refractivity contribution in [3.8, 4) is 28.5 Å². The Bertz CT molecular complexity index is 1330. The molecule has 0 aliphatic carbocycles. The van der Waals surface area contributed by atoms with E-state index in [1.165, 1.54) is 11.6 Å². The molecule has 0 bridgehead atoms. The lowest BCUT2D eigenvalue weighted by atomic mass is 10.1. The van der Waals surface area contributed by atoms with Crippen molar-refractivity contribution < 1.29 is 17.9 Å². The molecule has 35 heavy (non-hydrogen) atoms. The number of hydrogen-bond donors (Lipinski definition) is 2. The van der Waals surface area contributed by atoms with Crippen molar-refractivity contribution in [3.05, 3.63) is 46.3 Å². The van der Waals surface area contributed by atoms with Crippen molar-refractivity contribution in [1.29, 1.82) is 0 Å². The molecular weight excluding hydrogens is 505 g/mol. The van der Waals surface area contributed by atoms with Gasteiger partial charge >= 0.3 is 6.18 Å². The molecule has 0 radical (unpaired) electrons. The molecule has 14 heteroatoms. The zero-order valence-electron chi connectivity index (χ0n) is 18.5. The highest BCUT2D eigenvalue weighted by molar-refractivity contribution is 7.10. The molecule has 0 saturated heterocycles. The number of thiazole rings is 1. The van der Waals surface area contributed by atoms with Gasteiger partial charge in [0.2, 0.25) is 5.88 Å². The minimum atomic E-state index is -4.51. The third kappa shape index (κ3) is 5.80. The maximum atomic E-state index is 13.0. The van der Waals surface area contributed by atoms with E-state index in [1.807, 2.05) is 6.92 Å². The number of pyridine rings is 1. The van der Waals surface area contributed by atoms with E-state index in [0.29, 0.717) is 58.7 Å². The van der Waals surface area contributed by atoms with Crippen LogP contribution in [0.4, 0.5) is 24.7 Å². The van der Waals surface area contributed by atoms with Gasteiger partial charge < -0.3 is 15.8 Å². The Hall–Kier alpha value is -3.45. The summed E-state index contributed by atoms with van der Waals surface area (Å²) in [5.41, 5.74) is 7.46. The second-order valence-corrected chi connectivity index (χ2v) is 8.81. The topological polar surface area (TPSA) is 117 Å². The smallest absolute Gasteiger partial charge is 0.443 e. The number of anilines is 2. The lowest BCUT2D eigenvalue weighted by molar-refractivity contribution is -0.137. The summed E-state index contributed by atoms with van der Waals surface area (Å²) in [6.07, 6.45) is 0.587. The molecule has 0 aliphatic rings. The second kappa shape index (κ2) is 10.0. The fraction of sp³-hybridized carbons (Fsp3) is 0.286. The monoisotopic (exact) mass is 524 g/mol. The zero-order chi connectivity index (χ0) is 25.2. The molecule has 9 nitrogen and oxygen atoms in total. The maximum absolute atomic E-state index is 13.0. The third-order valence-electron chi connectivity index (χ3n) is 4.89. The summed E-state index contributed by atoms with van der Waals surface area (Å²) in [6, 6.07) is 3.01. The van der Waals surface area contributed by atoms with Crippen LogP contribution in [0.3, 0.4) is 0 Å². The predicted molar refractivity (Wildman–Crippen MR) is 127 cm³/mol. The van der Waals surface area contributed by atoms with E-state index in [0.717, 1.165) is 0 Å². The Morgan fingerprint density at radius 1 is 1.23 bits per heavy atom. The molecule has 4 aromatic heterocycles. The quantitative estimate of drug-likeness (QED) is 0.312. The fourth-order valence-corrected chi connectivity index (χ4v) is 4.05. The van der Waals surface area contributed by atoms with Crippen LogP contribution in [-0.2, 0) is 13.2 Å². The summed E-state index contributed by atoms with van der Waals surface area (Å²) in [4.78, 5) is 16.1. The van der Waals surface area contributed by atoms with Crippen molar-refractivity contribution in [2.75, 3.05) is 17.7 Å². The average molecular weight is 525 g/mol. The van der Waals surface area contributed by atoms with E-state index >= 15 is 0 Å². The fourth-order valence-electron chi connectivity index (χ4n) is 3.20. The van der Waals surface area contributed by atoms with Gasteiger partial charge in [-0.05, 0) is 19.1 Å². The van der Waals surface area contributed by atoms with E-state index in [4.69, 9.17) is 22.1 Å². The second-order valence-electron chi connectivity index (χ2n) is 7.56. The number of nitrogen functional groups attached to an aromatic ring is 1.